The number of aromatic nitrogens is 4. The van der Waals surface area contributed by atoms with Crippen molar-refractivity contribution in [3.8, 4) is 0 Å². The van der Waals surface area contributed by atoms with Gasteiger partial charge in [-0.2, -0.15) is 0 Å². The summed E-state index contributed by atoms with van der Waals surface area (Å²) in [7, 11) is 0. The molecule has 0 bridgehead atoms. The van der Waals surface area contributed by atoms with Crippen molar-refractivity contribution in [2.24, 2.45) is 0 Å². The molecule has 2 aromatic heterocycles. The molecule has 2 rings (SSSR count). The molecule has 0 spiro atoms. The smallest absolute Gasteiger partial charge is 0.193 e. The molecule has 6 heteroatoms. The van der Waals surface area contributed by atoms with E-state index < -0.39 is 0 Å². The highest BCUT2D eigenvalue weighted by atomic mass is 35.5. The van der Waals surface area contributed by atoms with E-state index in [1.54, 1.807) is 12.4 Å². The average Bonchev–Trinajstić information content (AvgIpc) is 2.38. The zero-order chi connectivity index (χ0) is 13.8. The van der Waals surface area contributed by atoms with Gasteiger partial charge in [-0.1, -0.05) is 18.5 Å². The van der Waals surface area contributed by atoms with Crippen LogP contribution in [0.4, 0.5) is 0 Å². The molecule has 0 atom stereocenters. The molecule has 0 aromatic carbocycles. The molecule has 0 saturated carbocycles. The summed E-state index contributed by atoms with van der Waals surface area (Å²) >= 11 is 7.56. The molecule has 2 aromatic rings. The second-order valence-electron chi connectivity index (χ2n) is 4.26. The first-order chi connectivity index (χ1) is 9.10. The number of halogens is 1. The van der Waals surface area contributed by atoms with Gasteiger partial charge in [-0.25, -0.2) is 19.9 Å². The van der Waals surface area contributed by atoms with Crippen molar-refractivity contribution in [1.82, 2.24) is 19.9 Å². The summed E-state index contributed by atoms with van der Waals surface area (Å²) in [4.78, 5) is 17.3. The van der Waals surface area contributed by atoms with Crippen molar-refractivity contribution in [3.05, 3.63) is 34.5 Å². The van der Waals surface area contributed by atoms with E-state index in [0.29, 0.717) is 10.3 Å². The van der Waals surface area contributed by atoms with Gasteiger partial charge >= 0.3 is 0 Å². The van der Waals surface area contributed by atoms with Crippen molar-refractivity contribution in [1.29, 1.82) is 0 Å². The molecule has 100 valence electrons. The van der Waals surface area contributed by atoms with Crippen LogP contribution < -0.4 is 0 Å². The van der Waals surface area contributed by atoms with Gasteiger partial charge in [0.1, 0.15) is 16.0 Å². The number of rotatable bonds is 4. The third kappa shape index (κ3) is 3.64. The quantitative estimate of drug-likeness (QED) is 0.636. The van der Waals surface area contributed by atoms with Crippen LogP contribution in [0.1, 0.15) is 30.3 Å². The summed E-state index contributed by atoms with van der Waals surface area (Å²) in [5.74, 6) is 0.771. The van der Waals surface area contributed by atoms with Gasteiger partial charge in [0, 0.05) is 24.4 Å². The van der Waals surface area contributed by atoms with Crippen molar-refractivity contribution < 1.29 is 0 Å². The first kappa shape index (κ1) is 14.2. The highest BCUT2D eigenvalue weighted by Gasteiger charge is 2.11. The third-order valence-corrected chi connectivity index (χ3v) is 3.86. The van der Waals surface area contributed by atoms with Gasteiger partial charge in [-0.15, -0.1) is 0 Å². The van der Waals surface area contributed by atoms with Gasteiger partial charge in [0.25, 0.3) is 0 Å². The van der Waals surface area contributed by atoms with E-state index in [1.807, 2.05) is 13.8 Å². The molecule has 4 nitrogen and oxygen atoms in total. The summed E-state index contributed by atoms with van der Waals surface area (Å²) in [6.07, 6.45) is 5.40. The predicted octanol–water partition coefficient (Wildman–Crippen LogP) is 3.64. The zero-order valence-corrected chi connectivity index (χ0v) is 12.7. The van der Waals surface area contributed by atoms with Gasteiger partial charge in [0.05, 0.1) is 0 Å². The van der Waals surface area contributed by atoms with Crippen molar-refractivity contribution in [2.75, 3.05) is 0 Å². The summed E-state index contributed by atoms with van der Waals surface area (Å²) in [6.45, 7) is 5.96. The monoisotopic (exact) mass is 294 g/mol. The third-order valence-electron chi connectivity index (χ3n) is 2.51. The Labute approximate surface area is 122 Å². The van der Waals surface area contributed by atoms with E-state index in [1.165, 1.54) is 11.8 Å². The molecule has 0 aliphatic rings. The molecule has 0 N–H and O–H groups in total. The minimum absolute atomic E-state index is 0.507. The van der Waals surface area contributed by atoms with Gasteiger partial charge in [0.15, 0.2) is 5.16 Å². The van der Waals surface area contributed by atoms with Crippen molar-refractivity contribution in [2.45, 2.75) is 43.8 Å². The SMILES string of the molecule is CCCc1nc(Cl)c(C)c(Sc2ncc(C)cn2)n1. The molecule has 19 heavy (non-hydrogen) atoms. The summed E-state index contributed by atoms with van der Waals surface area (Å²) < 4.78 is 0. The van der Waals surface area contributed by atoms with E-state index in [-0.39, 0.29) is 0 Å². The van der Waals surface area contributed by atoms with Crippen LogP contribution in [0.5, 0.6) is 0 Å². The summed E-state index contributed by atoms with van der Waals surface area (Å²) in [5, 5.41) is 2.01. The fraction of sp³-hybridized carbons (Fsp3) is 0.385. The van der Waals surface area contributed by atoms with Gasteiger partial charge < -0.3 is 0 Å². The first-order valence-corrected chi connectivity index (χ1v) is 7.29. The molecule has 2 heterocycles. The normalized spacial score (nSPS) is 10.7. The highest BCUT2D eigenvalue weighted by molar-refractivity contribution is 7.99. The van der Waals surface area contributed by atoms with Crippen molar-refractivity contribution in [3.63, 3.8) is 0 Å². The molecule has 0 amide bonds. The van der Waals surface area contributed by atoms with E-state index >= 15 is 0 Å². The first-order valence-electron chi connectivity index (χ1n) is 6.09. The molecule has 0 unspecified atom stereocenters. The lowest BCUT2D eigenvalue weighted by atomic mass is 10.3. The summed E-state index contributed by atoms with van der Waals surface area (Å²) in [5.41, 5.74) is 1.91. The van der Waals surface area contributed by atoms with Crippen LogP contribution in [-0.2, 0) is 6.42 Å². The van der Waals surface area contributed by atoms with Crippen LogP contribution in [0, 0.1) is 13.8 Å². The fourth-order valence-electron chi connectivity index (χ4n) is 1.47. The Balaban J connectivity index is 2.30. The maximum Gasteiger partial charge on any atom is 0.193 e. The van der Waals surface area contributed by atoms with Gasteiger partial charge in [-0.3, -0.25) is 0 Å². The molecular weight excluding hydrogens is 280 g/mol. The molecule has 0 aliphatic carbocycles. The molecule has 0 saturated heterocycles. The Morgan fingerprint density at radius 1 is 1.16 bits per heavy atom. The molecule has 0 fully saturated rings. The minimum atomic E-state index is 0.507. The van der Waals surface area contributed by atoms with E-state index in [4.69, 9.17) is 11.6 Å². The fourth-order valence-corrected chi connectivity index (χ4v) is 2.49. The van der Waals surface area contributed by atoms with Crippen LogP contribution in [0.3, 0.4) is 0 Å². The zero-order valence-electron chi connectivity index (χ0n) is 11.1. The Morgan fingerprint density at radius 2 is 1.84 bits per heavy atom. The Hall–Kier alpha value is -1.20. The van der Waals surface area contributed by atoms with E-state index in [9.17, 15) is 0 Å². The Kier molecular flexibility index (Phi) is 4.71. The minimum Gasteiger partial charge on any atom is -0.231 e. The summed E-state index contributed by atoms with van der Waals surface area (Å²) in [6, 6.07) is 0. The van der Waals surface area contributed by atoms with Gasteiger partial charge in [-0.05, 0) is 37.6 Å². The Bertz CT molecular complexity index is 572. The highest BCUT2D eigenvalue weighted by Crippen LogP contribution is 2.29. The largest absolute Gasteiger partial charge is 0.231 e. The van der Waals surface area contributed by atoms with Crippen LogP contribution in [0.25, 0.3) is 0 Å². The van der Waals surface area contributed by atoms with Crippen LogP contribution in [0.15, 0.2) is 22.6 Å². The average molecular weight is 295 g/mol. The second-order valence-corrected chi connectivity index (χ2v) is 5.57. The number of nitrogens with zero attached hydrogens (tertiary/aromatic N) is 4. The topological polar surface area (TPSA) is 51.6 Å². The predicted molar refractivity (Wildman–Crippen MR) is 76.7 cm³/mol. The van der Waals surface area contributed by atoms with Gasteiger partial charge in [0.2, 0.25) is 0 Å². The lowest BCUT2D eigenvalue weighted by Gasteiger charge is -2.07. The van der Waals surface area contributed by atoms with E-state index in [2.05, 4.69) is 26.9 Å². The molecule has 0 aliphatic heterocycles. The van der Waals surface area contributed by atoms with E-state index in [0.717, 1.165) is 34.8 Å². The number of hydrogen-bond donors (Lipinski definition) is 0. The number of hydrogen-bond acceptors (Lipinski definition) is 5. The van der Waals surface area contributed by atoms with Crippen LogP contribution in [0.2, 0.25) is 5.15 Å². The lowest BCUT2D eigenvalue weighted by molar-refractivity contribution is 0.800. The van der Waals surface area contributed by atoms with Crippen molar-refractivity contribution >= 4 is 23.4 Å². The Morgan fingerprint density at radius 3 is 2.47 bits per heavy atom. The number of aryl methyl sites for hydroxylation is 2. The lowest BCUT2D eigenvalue weighted by Crippen LogP contribution is -2.00. The maximum atomic E-state index is 6.14. The second kappa shape index (κ2) is 6.30. The van der Waals surface area contributed by atoms with Crippen LogP contribution in [-0.4, -0.2) is 19.9 Å². The molecule has 0 radical (unpaired) electrons. The maximum absolute atomic E-state index is 6.14. The van der Waals surface area contributed by atoms with Crippen LogP contribution >= 0.6 is 23.4 Å². The molecular formula is C13H15ClN4S. The standard InChI is InChI=1S/C13H15ClN4S/c1-4-5-10-17-11(14)9(3)12(18-10)19-13-15-6-8(2)7-16-13/h6-7H,4-5H2,1-3H3.